The van der Waals surface area contributed by atoms with Gasteiger partial charge in [-0.2, -0.15) is 0 Å². The Bertz CT molecular complexity index is 557. The Morgan fingerprint density at radius 1 is 1.47 bits per heavy atom. The van der Waals surface area contributed by atoms with E-state index in [1.165, 1.54) is 19.4 Å². The van der Waals surface area contributed by atoms with Crippen molar-refractivity contribution in [2.24, 2.45) is 0 Å². The lowest BCUT2D eigenvalue weighted by atomic mass is 10.1. The highest BCUT2D eigenvalue weighted by Crippen LogP contribution is 2.32. The smallest absolute Gasteiger partial charge is 0.167 e. The van der Waals surface area contributed by atoms with Crippen LogP contribution in [0.25, 0.3) is 10.9 Å². The van der Waals surface area contributed by atoms with Crippen molar-refractivity contribution in [3.63, 3.8) is 0 Å². The minimum absolute atomic E-state index is 0.184. The van der Waals surface area contributed by atoms with Crippen molar-refractivity contribution in [2.45, 2.75) is 6.92 Å². The summed E-state index contributed by atoms with van der Waals surface area (Å²) in [6, 6.07) is 2.94. The summed E-state index contributed by atoms with van der Waals surface area (Å²) in [7, 11) is 1.43. The molecule has 0 amide bonds. The van der Waals surface area contributed by atoms with Crippen LogP contribution >= 0.6 is 0 Å². The van der Waals surface area contributed by atoms with Crippen LogP contribution in [-0.4, -0.2) is 18.6 Å². The number of benzene rings is 1. The van der Waals surface area contributed by atoms with Gasteiger partial charge in [-0.15, -0.1) is 0 Å². The molecule has 5 heteroatoms. The van der Waals surface area contributed by atoms with Crippen molar-refractivity contribution in [2.75, 3.05) is 24.7 Å². The number of nitrogen functional groups attached to an aromatic ring is 1. The molecule has 0 aliphatic heterocycles. The lowest BCUT2D eigenvalue weighted by molar-refractivity contribution is 0.387. The first-order valence-corrected chi connectivity index (χ1v) is 5.33. The molecule has 0 saturated heterocycles. The molecule has 1 aromatic heterocycles. The third-order valence-corrected chi connectivity index (χ3v) is 2.52. The zero-order valence-electron chi connectivity index (χ0n) is 9.75. The molecule has 17 heavy (non-hydrogen) atoms. The van der Waals surface area contributed by atoms with Gasteiger partial charge in [-0.05, 0) is 13.0 Å². The fourth-order valence-electron chi connectivity index (χ4n) is 1.74. The van der Waals surface area contributed by atoms with E-state index in [4.69, 9.17) is 10.5 Å². The minimum atomic E-state index is -0.431. The zero-order valence-corrected chi connectivity index (χ0v) is 9.75. The third-order valence-electron chi connectivity index (χ3n) is 2.52. The van der Waals surface area contributed by atoms with Crippen molar-refractivity contribution in [1.29, 1.82) is 0 Å². The zero-order chi connectivity index (χ0) is 12.4. The number of nitrogens with two attached hydrogens (primary N) is 1. The summed E-state index contributed by atoms with van der Waals surface area (Å²) < 4.78 is 18.5. The van der Waals surface area contributed by atoms with Crippen molar-refractivity contribution in [3.8, 4) is 5.75 Å². The van der Waals surface area contributed by atoms with E-state index in [-0.39, 0.29) is 5.75 Å². The van der Waals surface area contributed by atoms with E-state index >= 15 is 0 Å². The topological polar surface area (TPSA) is 60.2 Å². The number of nitrogens with one attached hydrogen (secondary N) is 1. The first-order valence-electron chi connectivity index (χ1n) is 5.33. The van der Waals surface area contributed by atoms with Crippen LogP contribution in [-0.2, 0) is 0 Å². The number of aromatic nitrogens is 1. The molecule has 0 saturated carbocycles. The van der Waals surface area contributed by atoms with Crippen molar-refractivity contribution >= 4 is 22.3 Å². The molecule has 0 unspecified atom stereocenters. The summed E-state index contributed by atoms with van der Waals surface area (Å²) in [5.74, 6) is -0.247. The van der Waals surface area contributed by atoms with Gasteiger partial charge < -0.3 is 15.8 Å². The summed E-state index contributed by atoms with van der Waals surface area (Å²) >= 11 is 0. The van der Waals surface area contributed by atoms with Crippen molar-refractivity contribution in [1.82, 2.24) is 4.98 Å². The second-order valence-electron chi connectivity index (χ2n) is 3.62. The largest absolute Gasteiger partial charge is 0.494 e. The van der Waals surface area contributed by atoms with Gasteiger partial charge in [-0.1, -0.05) is 0 Å². The molecule has 0 spiro atoms. The first-order chi connectivity index (χ1) is 8.17. The second-order valence-corrected chi connectivity index (χ2v) is 3.62. The summed E-state index contributed by atoms with van der Waals surface area (Å²) in [4.78, 5) is 4.10. The number of pyridine rings is 1. The molecule has 0 atom stereocenters. The molecule has 0 radical (unpaired) electrons. The van der Waals surface area contributed by atoms with Gasteiger partial charge in [-0.3, -0.25) is 4.98 Å². The number of hydrogen-bond acceptors (Lipinski definition) is 4. The number of hydrogen-bond donors (Lipinski definition) is 2. The van der Waals surface area contributed by atoms with E-state index in [2.05, 4.69) is 10.3 Å². The van der Waals surface area contributed by atoms with E-state index in [9.17, 15) is 4.39 Å². The van der Waals surface area contributed by atoms with Crippen LogP contribution in [0.2, 0.25) is 0 Å². The number of nitrogens with zero attached hydrogens (tertiary/aromatic N) is 1. The Labute approximate surface area is 98.6 Å². The van der Waals surface area contributed by atoms with Crippen LogP contribution in [0.3, 0.4) is 0 Å². The summed E-state index contributed by atoms with van der Waals surface area (Å²) in [5, 5.41) is 3.90. The van der Waals surface area contributed by atoms with Gasteiger partial charge in [0.1, 0.15) is 0 Å². The number of ether oxygens (including phenoxy) is 1. The van der Waals surface area contributed by atoms with E-state index in [0.29, 0.717) is 11.2 Å². The molecule has 2 aromatic rings. The second kappa shape index (κ2) is 4.45. The molecule has 0 aliphatic rings. The molecule has 3 N–H and O–H groups in total. The van der Waals surface area contributed by atoms with Gasteiger partial charge in [-0.25, -0.2) is 4.39 Å². The normalized spacial score (nSPS) is 10.5. The predicted molar refractivity (Wildman–Crippen MR) is 66.8 cm³/mol. The Hall–Kier alpha value is -2.04. The molecule has 4 nitrogen and oxygen atoms in total. The third kappa shape index (κ3) is 1.95. The number of rotatable bonds is 3. The first kappa shape index (κ1) is 11.4. The van der Waals surface area contributed by atoms with E-state index in [1.54, 1.807) is 6.07 Å². The maximum Gasteiger partial charge on any atom is 0.167 e. The fraction of sp³-hybridized carbons (Fsp3) is 0.250. The maximum absolute atomic E-state index is 13.5. The quantitative estimate of drug-likeness (QED) is 0.857. The molecule has 90 valence electrons. The van der Waals surface area contributed by atoms with E-state index < -0.39 is 5.82 Å². The molecule has 1 heterocycles. The average Bonchev–Trinajstić information content (AvgIpc) is 2.32. The Kier molecular flexibility index (Phi) is 2.99. The highest BCUT2D eigenvalue weighted by molar-refractivity contribution is 5.97. The Morgan fingerprint density at radius 3 is 2.88 bits per heavy atom. The Balaban J connectivity index is 2.73. The SMILES string of the molecule is CCNc1c(N)cnc2cc(F)c(OC)cc12. The Morgan fingerprint density at radius 2 is 2.24 bits per heavy atom. The maximum atomic E-state index is 13.5. The summed E-state index contributed by atoms with van der Waals surface area (Å²) in [5.41, 5.74) is 7.69. The lowest BCUT2D eigenvalue weighted by Gasteiger charge is -2.12. The van der Waals surface area contributed by atoms with Crippen LogP contribution in [0, 0.1) is 5.82 Å². The van der Waals surface area contributed by atoms with Crippen molar-refractivity contribution in [3.05, 3.63) is 24.1 Å². The van der Waals surface area contributed by atoms with Crippen LogP contribution in [0.1, 0.15) is 6.92 Å². The van der Waals surface area contributed by atoms with Gasteiger partial charge in [0, 0.05) is 18.0 Å². The highest BCUT2D eigenvalue weighted by Gasteiger charge is 2.11. The van der Waals surface area contributed by atoms with Crippen LogP contribution in [0.15, 0.2) is 18.3 Å². The molecule has 0 bridgehead atoms. The number of methoxy groups -OCH3 is 1. The highest BCUT2D eigenvalue weighted by atomic mass is 19.1. The van der Waals surface area contributed by atoms with Crippen molar-refractivity contribution < 1.29 is 9.13 Å². The van der Waals surface area contributed by atoms with Gasteiger partial charge in [0.15, 0.2) is 11.6 Å². The average molecular weight is 235 g/mol. The van der Waals surface area contributed by atoms with Gasteiger partial charge >= 0.3 is 0 Å². The standard InChI is InChI=1S/C12H14FN3O/c1-3-15-12-7-4-11(17-2)8(13)5-10(7)16-6-9(12)14/h4-6H,3,14H2,1-2H3,(H,15,16). The monoisotopic (exact) mass is 235 g/mol. The molecule has 1 aromatic carbocycles. The number of anilines is 2. The number of halogens is 1. The molecular formula is C12H14FN3O. The van der Waals surface area contributed by atoms with Gasteiger partial charge in [0.05, 0.1) is 30.2 Å². The van der Waals surface area contributed by atoms with Gasteiger partial charge in [0.2, 0.25) is 0 Å². The molecule has 0 fully saturated rings. The van der Waals surface area contributed by atoms with E-state index in [0.717, 1.165) is 17.6 Å². The molecular weight excluding hydrogens is 221 g/mol. The molecule has 0 aliphatic carbocycles. The number of fused-ring (bicyclic) bond motifs is 1. The summed E-state index contributed by atoms with van der Waals surface area (Å²) in [6.45, 7) is 2.69. The van der Waals surface area contributed by atoms with Gasteiger partial charge in [0.25, 0.3) is 0 Å². The minimum Gasteiger partial charge on any atom is -0.494 e. The fourth-order valence-corrected chi connectivity index (χ4v) is 1.74. The predicted octanol–water partition coefficient (Wildman–Crippen LogP) is 2.40. The van der Waals surface area contributed by atoms with Crippen LogP contribution < -0.4 is 15.8 Å². The van der Waals surface area contributed by atoms with Crippen LogP contribution in [0.5, 0.6) is 5.75 Å². The van der Waals surface area contributed by atoms with Crippen LogP contribution in [0.4, 0.5) is 15.8 Å². The summed E-state index contributed by atoms with van der Waals surface area (Å²) in [6.07, 6.45) is 1.52. The van der Waals surface area contributed by atoms with E-state index in [1.807, 2.05) is 6.92 Å². The molecule has 2 rings (SSSR count). The lowest BCUT2D eigenvalue weighted by Crippen LogP contribution is -2.03.